The Morgan fingerprint density at radius 1 is 1.23 bits per heavy atom. The Morgan fingerprint density at radius 3 is 2.58 bits per heavy atom. The van der Waals surface area contributed by atoms with E-state index in [1.54, 1.807) is 0 Å². The predicted molar refractivity (Wildman–Crippen MR) is 120 cm³/mol. The molecule has 1 saturated heterocycles. The van der Waals surface area contributed by atoms with Crippen molar-refractivity contribution in [2.24, 2.45) is 29.1 Å². The first kappa shape index (κ1) is 24.0. The van der Waals surface area contributed by atoms with E-state index >= 15 is 0 Å². The summed E-state index contributed by atoms with van der Waals surface area (Å²) in [6.07, 6.45) is 7.51. The fourth-order valence-electron chi connectivity index (χ4n) is 5.46. The number of cyclic esters (lactones) is 1. The van der Waals surface area contributed by atoms with Crippen LogP contribution in [0.4, 0.5) is 0 Å². The van der Waals surface area contributed by atoms with E-state index in [0.717, 1.165) is 25.7 Å². The second-order valence-electron chi connectivity index (χ2n) is 10.7. The third-order valence-electron chi connectivity index (χ3n) is 7.68. The van der Waals surface area contributed by atoms with Crippen LogP contribution in [0.1, 0.15) is 80.1 Å². The van der Waals surface area contributed by atoms with Gasteiger partial charge in [0.05, 0.1) is 17.9 Å². The first-order valence-corrected chi connectivity index (χ1v) is 12.0. The van der Waals surface area contributed by atoms with Crippen molar-refractivity contribution in [3.8, 4) is 0 Å². The summed E-state index contributed by atoms with van der Waals surface area (Å²) in [5.74, 6) is 0.758. The number of ether oxygens (including phenoxy) is 2. The largest absolute Gasteiger partial charge is 0.462 e. The molecule has 0 radical (unpaired) electrons. The van der Waals surface area contributed by atoms with Crippen LogP contribution in [-0.4, -0.2) is 35.4 Å². The molecule has 0 aromatic heterocycles. The zero-order valence-electron chi connectivity index (χ0n) is 20.0. The highest BCUT2D eigenvalue weighted by Gasteiger charge is 2.44. The lowest BCUT2D eigenvalue weighted by Crippen LogP contribution is -2.44. The van der Waals surface area contributed by atoms with E-state index in [0.29, 0.717) is 24.2 Å². The monoisotopic (exact) mass is 432 g/mol. The first-order chi connectivity index (χ1) is 14.5. The van der Waals surface area contributed by atoms with Crippen molar-refractivity contribution < 1.29 is 24.2 Å². The van der Waals surface area contributed by atoms with E-state index in [2.05, 4.69) is 32.9 Å². The highest BCUT2D eigenvalue weighted by atomic mass is 16.6. The molecule has 7 atom stereocenters. The van der Waals surface area contributed by atoms with Crippen LogP contribution < -0.4 is 0 Å². The Bertz CT molecular complexity index is 749. The van der Waals surface area contributed by atoms with Crippen LogP contribution in [-0.2, 0) is 19.1 Å². The van der Waals surface area contributed by atoms with Crippen molar-refractivity contribution >= 4 is 11.9 Å². The predicted octanol–water partition coefficient (Wildman–Crippen LogP) is 4.98. The molecule has 174 valence electrons. The van der Waals surface area contributed by atoms with Crippen LogP contribution in [0.15, 0.2) is 23.3 Å². The van der Waals surface area contributed by atoms with Gasteiger partial charge in [-0.3, -0.25) is 9.59 Å². The summed E-state index contributed by atoms with van der Waals surface area (Å²) in [7, 11) is 0. The maximum absolute atomic E-state index is 13.0. The Labute approximate surface area is 187 Å². The summed E-state index contributed by atoms with van der Waals surface area (Å²) in [5.41, 5.74) is 2.11. The van der Waals surface area contributed by atoms with E-state index in [1.807, 2.05) is 20.8 Å². The number of rotatable bonds is 6. The van der Waals surface area contributed by atoms with Crippen LogP contribution >= 0.6 is 0 Å². The Morgan fingerprint density at radius 2 is 1.94 bits per heavy atom. The number of carbonyl (C=O) groups excluding carboxylic acids is 2. The normalized spacial score (nSPS) is 36.1. The Kier molecular flexibility index (Phi) is 7.35. The van der Waals surface area contributed by atoms with Crippen molar-refractivity contribution in [2.45, 2.75) is 98.4 Å². The molecule has 0 aromatic rings. The second-order valence-corrected chi connectivity index (χ2v) is 10.7. The number of carbonyl (C=O) groups is 2. The summed E-state index contributed by atoms with van der Waals surface area (Å²) in [4.78, 5) is 24.7. The lowest BCUT2D eigenvalue weighted by Gasteiger charge is -2.45. The minimum Gasteiger partial charge on any atom is -0.462 e. The van der Waals surface area contributed by atoms with Crippen molar-refractivity contribution in [3.05, 3.63) is 23.3 Å². The van der Waals surface area contributed by atoms with Gasteiger partial charge in [-0.05, 0) is 69.8 Å². The van der Waals surface area contributed by atoms with Crippen LogP contribution in [0.25, 0.3) is 0 Å². The van der Waals surface area contributed by atoms with Gasteiger partial charge in [0.15, 0.2) is 0 Å². The van der Waals surface area contributed by atoms with Gasteiger partial charge in [0, 0.05) is 12.3 Å². The minimum absolute atomic E-state index is 0.0941. The van der Waals surface area contributed by atoms with Crippen LogP contribution in [0.3, 0.4) is 0 Å². The molecule has 1 N–H and O–H groups in total. The number of allylic oxidation sites excluding steroid dienone is 3. The van der Waals surface area contributed by atoms with Gasteiger partial charge in [-0.1, -0.05) is 38.5 Å². The maximum Gasteiger partial charge on any atom is 0.311 e. The number of hydrogen-bond donors (Lipinski definition) is 1. The number of aliphatic hydroxyl groups excluding tert-OH is 1. The average Bonchev–Trinajstić information content (AvgIpc) is 2.67. The fraction of sp³-hybridized carbons (Fsp3) is 0.769. The molecule has 0 amide bonds. The van der Waals surface area contributed by atoms with Crippen molar-refractivity contribution in [2.75, 3.05) is 0 Å². The van der Waals surface area contributed by atoms with Crippen LogP contribution in [0.5, 0.6) is 0 Å². The topological polar surface area (TPSA) is 72.8 Å². The molecular weight excluding hydrogens is 392 g/mol. The van der Waals surface area contributed by atoms with E-state index in [4.69, 9.17) is 9.47 Å². The number of aliphatic hydroxyl groups is 1. The molecule has 0 saturated carbocycles. The zero-order chi connectivity index (χ0) is 22.9. The summed E-state index contributed by atoms with van der Waals surface area (Å²) in [6.45, 7) is 12.5. The molecule has 31 heavy (non-hydrogen) atoms. The van der Waals surface area contributed by atoms with E-state index in [-0.39, 0.29) is 36.5 Å². The van der Waals surface area contributed by atoms with Gasteiger partial charge in [0.2, 0.25) is 0 Å². The number of hydrogen-bond acceptors (Lipinski definition) is 5. The van der Waals surface area contributed by atoms with Gasteiger partial charge in [-0.15, -0.1) is 0 Å². The molecule has 1 fully saturated rings. The quantitative estimate of drug-likeness (QED) is 0.600. The summed E-state index contributed by atoms with van der Waals surface area (Å²) in [5, 5.41) is 9.95. The molecule has 5 nitrogen and oxygen atoms in total. The zero-order valence-corrected chi connectivity index (χ0v) is 20.0. The average molecular weight is 433 g/mol. The number of fused-ring (bicyclic) bond motifs is 1. The van der Waals surface area contributed by atoms with Crippen molar-refractivity contribution in [3.63, 3.8) is 0 Å². The van der Waals surface area contributed by atoms with E-state index in [9.17, 15) is 14.7 Å². The SMILES string of the molecule is CCC(C)(C)C(=O)OC1CC(C)C=C2C(C)=CC(C)C(CCC3CC(O)CC(=O)O3)C21. The van der Waals surface area contributed by atoms with E-state index in [1.165, 1.54) is 11.1 Å². The van der Waals surface area contributed by atoms with Crippen LogP contribution in [0, 0.1) is 29.1 Å². The lowest BCUT2D eigenvalue weighted by molar-refractivity contribution is -0.166. The Balaban J connectivity index is 1.81. The molecule has 3 rings (SSSR count). The maximum atomic E-state index is 13.0. The lowest BCUT2D eigenvalue weighted by atomic mass is 9.63. The molecule has 2 aliphatic carbocycles. The molecule has 0 bridgehead atoms. The fourth-order valence-corrected chi connectivity index (χ4v) is 5.46. The van der Waals surface area contributed by atoms with Gasteiger partial charge in [-0.25, -0.2) is 0 Å². The third kappa shape index (κ3) is 5.42. The van der Waals surface area contributed by atoms with Gasteiger partial charge in [-0.2, -0.15) is 0 Å². The highest BCUT2D eigenvalue weighted by molar-refractivity contribution is 5.76. The smallest absolute Gasteiger partial charge is 0.311 e. The van der Waals surface area contributed by atoms with E-state index < -0.39 is 11.5 Å². The molecule has 7 unspecified atom stereocenters. The second kappa shape index (κ2) is 9.48. The first-order valence-electron chi connectivity index (χ1n) is 12.0. The van der Waals surface area contributed by atoms with Crippen molar-refractivity contribution in [1.29, 1.82) is 0 Å². The summed E-state index contributed by atoms with van der Waals surface area (Å²) >= 11 is 0. The van der Waals surface area contributed by atoms with Gasteiger partial charge < -0.3 is 14.6 Å². The molecule has 5 heteroatoms. The van der Waals surface area contributed by atoms with Gasteiger partial charge in [0.1, 0.15) is 12.2 Å². The minimum atomic E-state index is -0.604. The summed E-state index contributed by atoms with van der Waals surface area (Å²) < 4.78 is 11.7. The molecule has 0 aromatic carbocycles. The summed E-state index contributed by atoms with van der Waals surface area (Å²) in [6, 6.07) is 0. The standard InChI is InChI=1S/C26H40O5/c1-7-26(5,6)25(29)31-22-11-15(2)10-21-17(4)12-16(3)20(24(21)22)9-8-19-13-18(27)14-23(28)30-19/h10,12,15-16,18-20,22,24,27H,7-9,11,13-14H2,1-6H3. The third-order valence-corrected chi connectivity index (χ3v) is 7.68. The molecular formula is C26H40O5. The van der Waals surface area contributed by atoms with Gasteiger partial charge >= 0.3 is 11.9 Å². The Hall–Kier alpha value is -1.62. The number of esters is 2. The van der Waals surface area contributed by atoms with Gasteiger partial charge in [0.25, 0.3) is 0 Å². The molecule has 0 spiro atoms. The van der Waals surface area contributed by atoms with Crippen LogP contribution in [0.2, 0.25) is 0 Å². The molecule has 1 heterocycles. The molecule has 1 aliphatic heterocycles. The van der Waals surface area contributed by atoms with Crippen molar-refractivity contribution in [1.82, 2.24) is 0 Å². The highest BCUT2D eigenvalue weighted by Crippen LogP contribution is 2.48. The molecule has 3 aliphatic rings.